The number of hydrogen-bond donors (Lipinski definition) is 2. The summed E-state index contributed by atoms with van der Waals surface area (Å²) in [4.78, 5) is 14.3. The van der Waals surface area contributed by atoms with E-state index >= 15 is 0 Å². The van der Waals surface area contributed by atoms with Gasteiger partial charge in [-0.25, -0.2) is 0 Å². The molecule has 0 spiro atoms. The summed E-state index contributed by atoms with van der Waals surface area (Å²) in [7, 11) is 1.53. The van der Waals surface area contributed by atoms with Crippen LogP contribution in [0.3, 0.4) is 0 Å². The Labute approximate surface area is 150 Å². The first kappa shape index (κ1) is 22.1. The fraction of sp³-hybridized carbons (Fsp3) is 0.562. The lowest BCUT2D eigenvalue weighted by molar-refractivity contribution is -0.118. The summed E-state index contributed by atoms with van der Waals surface area (Å²) in [6.07, 6.45) is 3.71. The number of rotatable bonds is 7. The minimum absolute atomic E-state index is 0. The topological polar surface area (TPSA) is 67.6 Å². The van der Waals surface area contributed by atoms with Crippen LogP contribution in [0, 0.1) is 0 Å². The Kier molecular flexibility index (Phi) is 11.2. The molecule has 23 heavy (non-hydrogen) atoms. The second-order valence-electron chi connectivity index (χ2n) is 5.55. The van der Waals surface area contributed by atoms with Crippen molar-refractivity contribution < 1.29 is 9.53 Å². The molecule has 0 saturated carbocycles. The summed E-state index contributed by atoms with van der Waals surface area (Å²) in [6.45, 7) is 3.79. The maximum Gasteiger partial charge on any atom is 0.243 e. The second-order valence-corrected chi connectivity index (χ2v) is 5.55. The van der Waals surface area contributed by atoms with Crippen LogP contribution in [0.5, 0.6) is 0 Å². The summed E-state index contributed by atoms with van der Waals surface area (Å²) in [5.74, 6) is -0.221. The number of nitrogens with two attached hydrogens (primary N) is 1. The van der Waals surface area contributed by atoms with Gasteiger partial charge in [0, 0.05) is 19.3 Å². The van der Waals surface area contributed by atoms with E-state index in [1.807, 2.05) is 12.1 Å². The van der Waals surface area contributed by atoms with Crippen molar-refractivity contribution in [1.29, 1.82) is 0 Å². The molecule has 1 aromatic carbocycles. The molecule has 1 unspecified atom stereocenters. The van der Waals surface area contributed by atoms with Gasteiger partial charge in [-0.1, -0.05) is 12.1 Å². The molecule has 0 bridgehead atoms. The van der Waals surface area contributed by atoms with E-state index in [1.54, 1.807) is 0 Å². The molecular formula is C16H27Cl2N3O2. The molecule has 1 aliphatic heterocycles. The molecule has 0 aromatic heterocycles. The standard InChI is InChI=1S/C16H25N3O2.2ClH/c1-21-12-15(17)16(20)18-14-6-4-13(5-7-14)8-11-19-9-2-3-10-19;;/h4-7,15H,2-3,8-12,17H2,1H3,(H,18,20);2*1H. The summed E-state index contributed by atoms with van der Waals surface area (Å²) in [5, 5.41) is 2.80. The highest BCUT2D eigenvalue weighted by atomic mass is 35.5. The SMILES string of the molecule is COCC(N)C(=O)Nc1ccc(CCN2CCCC2)cc1.Cl.Cl. The zero-order chi connectivity index (χ0) is 15.1. The summed E-state index contributed by atoms with van der Waals surface area (Å²) in [5.41, 5.74) is 7.75. The zero-order valence-electron chi connectivity index (χ0n) is 13.5. The van der Waals surface area contributed by atoms with Gasteiger partial charge in [0.15, 0.2) is 0 Å². The molecular weight excluding hydrogens is 337 g/mol. The molecule has 5 nitrogen and oxygen atoms in total. The van der Waals surface area contributed by atoms with Crippen molar-refractivity contribution in [2.24, 2.45) is 5.73 Å². The third-order valence-electron chi connectivity index (χ3n) is 3.82. The van der Waals surface area contributed by atoms with E-state index in [0.717, 1.165) is 18.7 Å². The van der Waals surface area contributed by atoms with Crippen molar-refractivity contribution in [1.82, 2.24) is 4.90 Å². The molecule has 132 valence electrons. The number of benzene rings is 1. The average molecular weight is 364 g/mol. The van der Waals surface area contributed by atoms with Gasteiger partial charge in [0.2, 0.25) is 5.91 Å². The Balaban J connectivity index is 0.00000242. The Morgan fingerprint density at radius 2 is 1.87 bits per heavy atom. The van der Waals surface area contributed by atoms with Gasteiger partial charge in [-0.15, -0.1) is 24.8 Å². The predicted octanol–water partition coefficient (Wildman–Crippen LogP) is 2.08. The number of anilines is 1. The van der Waals surface area contributed by atoms with Gasteiger partial charge in [-0.05, 0) is 50.0 Å². The van der Waals surface area contributed by atoms with E-state index in [4.69, 9.17) is 10.5 Å². The largest absolute Gasteiger partial charge is 0.383 e. The minimum atomic E-state index is -0.634. The molecule has 1 aliphatic rings. The van der Waals surface area contributed by atoms with Crippen LogP contribution in [0.15, 0.2) is 24.3 Å². The first-order chi connectivity index (χ1) is 10.2. The Morgan fingerprint density at radius 3 is 2.43 bits per heavy atom. The van der Waals surface area contributed by atoms with Gasteiger partial charge < -0.3 is 20.7 Å². The molecule has 1 saturated heterocycles. The number of carbonyl (C=O) groups is 1. The minimum Gasteiger partial charge on any atom is -0.383 e. The van der Waals surface area contributed by atoms with E-state index in [9.17, 15) is 4.79 Å². The van der Waals surface area contributed by atoms with Gasteiger partial charge in [0.1, 0.15) is 6.04 Å². The quantitative estimate of drug-likeness (QED) is 0.778. The molecule has 1 aromatic rings. The number of methoxy groups -OCH3 is 1. The fourth-order valence-electron chi connectivity index (χ4n) is 2.54. The van der Waals surface area contributed by atoms with Gasteiger partial charge in [0.25, 0.3) is 0 Å². The van der Waals surface area contributed by atoms with Crippen LogP contribution in [0.4, 0.5) is 5.69 Å². The third-order valence-corrected chi connectivity index (χ3v) is 3.82. The first-order valence-corrected chi connectivity index (χ1v) is 7.55. The highest BCUT2D eigenvalue weighted by Crippen LogP contribution is 2.13. The van der Waals surface area contributed by atoms with Gasteiger partial charge in [0.05, 0.1) is 6.61 Å². The lowest BCUT2D eigenvalue weighted by atomic mass is 10.1. The Hall–Kier alpha value is -0.850. The normalized spacial score (nSPS) is 15.4. The van der Waals surface area contributed by atoms with Crippen LogP contribution >= 0.6 is 24.8 Å². The van der Waals surface area contributed by atoms with Crippen LogP contribution < -0.4 is 11.1 Å². The van der Waals surface area contributed by atoms with E-state index in [1.165, 1.54) is 38.6 Å². The van der Waals surface area contributed by atoms with Crippen molar-refractivity contribution in [3.05, 3.63) is 29.8 Å². The van der Waals surface area contributed by atoms with Crippen LogP contribution in [0.1, 0.15) is 18.4 Å². The number of amides is 1. The van der Waals surface area contributed by atoms with Crippen molar-refractivity contribution in [2.75, 3.05) is 38.7 Å². The lowest BCUT2D eigenvalue weighted by Gasteiger charge is -2.14. The van der Waals surface area contributed by atoms with Crippen molar-refractivity contribution >= 4 is 36.4 Å². The lowest BCUT2D eigenvalue weighted by Crippen LogP contribution is -2.39. The highest BCUT2D eigenvalue weighted by Gasteiger charge is 2.13. The molecule has 1 amide bonds. The number of carbonyl (C=O) groups excluding carboxylic acids is 1. The number of likely N-dealkylation sites (tertiary alicyclic amines) is 1. The highest BCUT2D eigenvalue weighted by molar-refractivity contribution is 5.94. The summed E-state index contributed by atoms with van der Waals surface area (Å²) in [6, 6.07) is 7.35. The fourth-order valence-corrected chi connectivity index (χ4v) is 2.54. The van der Waals surface area contributed by atoms with Crippen LogP contribution in [-0.2, 0) is 16.0 Å². The molecule has 3 N–H and O–H groups in total. The summed E-state index contributed by atoms with van der Waals surface area (Å²) >= 11 is 0. The average Bonchev–Trinajstić information content (AvgIpc) is 3.00. The molecule has 2 rings (SSSR count). The third kappa shape index (κ3) is 7.50. The van der Waals surface area contributed by atoms with Crippen molar-refractivity contribution in [3.8, 4) is 0 Å². The molecule has 1 atom stereocenters. The van der Waals surface area contributed by atoms with E-state index < -0.39 is 6.04 Å². The molecule has 7 heteroatoms. The number of ether oxygens (including phenoxy) is 1. The maximum atomic E-state index is 11.8. The van der Waals surface area contributed by atoms with Crippen LogP contribution in [0.2, 0.25) is 0 Å². The number of hydrogen-bond acceptors (Lipinski definition) is 4. The number of halogens is 2. The maximum absolute atomic E-state index is 11.8. The smallest absolute Gasteiger partial charge is 0.243 e. The van der Waals surface area contributed by atoms with Crippen molar-refractivity contribution in [3.63, 3.8) is 0 Å². The Bertz CT molecular complexity index is 451. The van der Waals surface area contributed by atoms with Crippen molar-refractivity contribution in [2.45, 2.75) is 25.3 Å². The van der Waals surface area contributed by atoms with Gasteiger partial charge in [-0.2, -0.15) is 0 Å². The van der Waals surface area contributed by atoms with Crippen LogP contribution in [0.25, 0.3) is 0 Å². The Morgan fingerprint density at radius 1 is 1.26 bits per heavy atom. The van der Waals surface area contributed by atoms with Gasteiger partial charge in [-0.3, -0.25) is 4.79 Å². The molecule has 1 heterocycles. The molecule has 0 radical (unpaired) electrons. The van der Waals surface area contributed by atoms with Gasteiger partial charge >= 0.3 is 0 Å². The van der Waals surface area contributed by atoms with E-state index in [-0.39, 0.29) is 37.3 Å². The number of nitrogens with zero attached hydrogens (tertiary/aromatic N) is 1. The van der Waals surface area contributed by atoms with Crippen LogP contribution in [-0.4, -0.2) is 50.2 Å². The zero-order valence-corrected chi connectivity index (χ0v) is 15.1. The predicted molar refractivity (Wildman–Crippen MR) is 98.8 cm³/mol. The molecule has 1 fully saturated rings. The summed E-state index contributed by atoms with van der Waals surface area (Å²) < 4.78 is 4.87. The monoisotopic (exact) mass is 363 g/mol. The number of nitrogens with one attached hydrogen (secondary N) is 1. The first-order valence-electron chi connectivity index (χ1n) is 7.55. The van der Waals surface area contributed by atoms with E-state index in [2.05, 4.69) is 22.3 Å². The molecule has 0 aliphatic carbocycles. The van der Waals surface area contributed by atoms with E-state index in [0.29, 0.717) is 0 Å². The second kappa shape index (κ2) is 11.6.